The van der Waals surface area contributed by atoms with Gasteiger partial charge in [-0.25, -0.2) is 9.78 Å². The molecule has 1 unspecified atom stereocenters. The van der Waals surface area contributed by atoms with Crippen molar-refractivity contribution in [3.63, 3.8) is 0 Å². The third-order valence-electron chi connectivity index (χ3n) is 6.07. The minimum atomic E-state index is -0.478. The molecule has 0 spiro atoms. The summed E-state index contributed by atoms with van der Waals surface area (Å²) in [5.74, 6) is 0. The van der Waals surface area contributed by atoms with E-state index in [-0.39, 0.29) is 5.69 Å². The third kappa shape index (κ3) is 3.06. The molecule has 0 bridgehead atoms. The van der Waals surface area contributed by atoms with Crippen LogP contribution in [-0.2, 0) is 12.6 Å². The van der Waals surface area contributed by atoms with E-state index in [9.17, 15) is 4.79 Å². The average Bonchev–Trinajstić information content (AvgIpc) is 3.37. The van der Waals surface area contributed by atoms with Gasteiger partial charge in [0.05, 0.1) is 23.1 Å². The van der Waals surface area contributed by atoms with E-state index in [1.807, 2.05) is 67.1 Å². The van der Waals surface area contributed by atoms with Gasteiger partial charge in [0.15, 0.2) is 0 Å². The lowest BCUT2D eigenvalue weighted by Gasteiger charge is -2.33. The number of aromatic nitrogens is 4. The van der Waals surface area contributed by atoms with Crippen molar-refractivity contribution in [2.75, 3.05) is 0 Å². The molecule has 152 valence electrons. The first-order valence-electron chi connectivity index (χ1n) is 10.2. The first kappa shape index (κ1) is 19.0. The van der Waals surface area contributed by atoms with E-state index in [1.165, 1.54) is 0 Å². The highest BCUT2D eigenvalue weighted by Gasteiger charge is 2.31. The Balaban J connectivity index is 1.83. The van der Waals surface area contributed by atoms with E-state index in [0.717, 1.165) is 27.6 Å². The number of fused-ring (bicyclic) bond motifs is 1. The fourth-order valence-electron chi connectivity index (χ4n) is 4.22. The fraction of sp³-hybridized carbons (Fsp3) is 0.115. The molecule has 0 saturated heterocycles. The second kappa shape index (κ2) is 7.36. The molecular formula is C26H22N4O. The van der Waals surface area contributed by atoms with Crippen molar-refractivity contribution in [3.8, 4) is 11.3 Å². The predicted octanol–water partition coefficient (Wildman–Crippen LogP) is 4.61. The van der Waals surface area contributed by atoms with Crippen molar-refractivity contribution in [2.24, 2.45) is 7.05 Å². The third-order valence-corrected chi connectivity index (χ3v) is 6.07. The van der Waals surface area contributed by atoms with E-state index >= 15 is 0 Å². The number of hydrogen-bond donors (Lipinski definition) is 0. The van der Waals surface area contributed by atoms with Gasteiger partial charge in [0.25, 0.3) is 0 Å². The molecule has 2 heterocycles. The van der Waals surface area contributed by atoms with Crippen LogP contribution < -0.4 is 5.69 Å². The summed E-state index contributed by atoms with van der Waals surface area (Å²) in [5, 5.41) is 0.938. The lowest BCUT2D eigenvalue weighted by Crippen LogP contribution is -2.32. The Morgan fingerprint density at radius 1 is 0.871 bits per heavy atom. The quantitative estimate of drug-likeness (QED) is 0.438. The molecule has 3 aromatic carbocycles. The summed E-state index contributed by atoms with van der Waals surface area (Å²) in [4.78, 5) is 21.3. The van der Waals surface area contributed by atoms with Crippen LogP contribution in [0.2, 0.25) is 0 Å². The lowest BCUT2D eigenvalue weighted by atomic mass is 9.83. The van der Waals surface area contributed by atoms with Crippen molar-refractivity contribution >= 4 is 10.9 Å². The van der Waals surface area contributed by atoms with E-state index < -0.39 is 5.54 Å². The largest absolute Gasteiger partial charge is 0.348 e. The molecule has 1 atom stereocenters. The van der Waals surface area contributed by atoms with Crippen molar-refractivity contribution in [1.82, 2.24) is 19.1 Å². The monoisotopic (exact) mass is 406 g/mol. The minimum Gasteiger partial charge on any atom is -0.323 e. The first-order valence-corrected chi connectivity index (χ1v) is 10.2. The van der Waals surface area contributed by atoms with Gasteiger partial charge in [0, 0.05) is 30.4 Å². The molecule has 0 N–H and O–H groups in total. The molecule has 0 aliphatic rings. The zero-order chi connectivity index (χ0) is 21.4. The maximum Gasteiger partial charge on any atom is 0.348 e. The van der Waals surface area contributed by atoms with Gasteiger partial charge in [0.2, 0.25) is 0 Å². The second-order valence-electron chi connectivity index (χ2n) is 7.81. The van der Waals surface area contributed by atoms with Gasteiger partial charge < -0.3 is 4.57 Å². The summed E-state index contributed by atoms with van der Waals surface area (Å²) in [7, 11) is 1.76. The van der Waals surface area contributed by atoms with Gasteiger partial charge in [-0.05, 0) is 30.2 Å². The van der Waals surface area contributed by atoms with Crippen molar-refractivity contribution in [2.45, 2.75) is 12.5 Å². The summed E-state index contributed by atoms with van der Waals surface area (Å²) in [6, 6.07) is 26.5. The zero-order valence-corrected chi connectivity index (χ0v) is 17.4. The molecule has 0 aliphatic carbocycles. The van der Waals surface area contributed by atoms with Crippen LogP contribution >= 0.6 is 0 Å². The van der Waals surface area contributed by atoms with E-state index in [2.05, 4.69) is 45.7 Å². The number of rotatable bonds is 4. The molecular weight excluding hydrogens is 384 g/mol. The van der Waals surface area contributed by atoms with Gasteiger partial charge in [-0.1, -0.05) is 66.7 Å². The first-order chi connectivity index (χ1) is 15.1. The highest BCUT2D eigenvalue weighted by Crippen LogP contribution is 2.36. The molecule has 0 amide bonds. The Morgan fingerprint density at radius 3 is 2.26 bits per heavy atom. The molecule has 5 nitrogen and oxygen atoms in total. The van der Waals surface area contributed by atoms with Crippen LogP contribution in [0.15, 0.2) is 102 Å². The number of imidazole rings is 1. The molecule has 5 rings (SSSR count). The smallest absolute Gasteiger partial charge is 0.323 e. The van der Waals surface area contributed by atoms with E-state index in [4.69, 9.17) is 0 Å². The Morgan fingerprint density at radius 2 is 1.58 bits per heavy atom. The highest BCUT2D eigenvalue weighted by molar-refractivity contribution is 5.93. The van der Waals surface area contributed by atoms with E-state index in [0.29, 0.717) is 5.69 Å². The molecule has 5 heteroatoms. The Kier molecular flexibility index (Phi) is 4.51. The van der Waals surface area contributed by atoms with Crippen molar-refractivity contribution in [3.05, 3.63) is 119 Å². The molecule has 0 radical (unpaired) electrons. The SMILES string of the molecule is Cn1c(=O)nc(-c2ccccc2)c2cc(C(C)(c3ccccc3)n3ccnc3)ccc21. The van der Waals surface area contributed by atoms with Crippen molar-refractivity contribution in [1.29, 1.82) is 0 Å². The Bertz CT molecular complexity index is 1410. The maximum absolute atomic E-state index is 12.6. The van der Waals surface area contributed by atoms with Crippen LogP contribution in [-0.4, -0.2) is 19.1 Å². The highest BCUT2D eigenvalue weighted by atomic mass is 16.1. The molecule has 0 fully saturated rings. The van der Waals surface area contributed by atoms with Crippen LogP contribution in [0, 0.1) is 0 Å². The van der Waals surface area contributed by atoms with Crippen LogP contribution in [0.3, 0.4) is 0 Å². The second-order valence-corrected chi connectivity index (χ2v) is 7.81. The molecule has 2 aromatic heterocycles. The summed E-state index contributed by atoms with van der Waals surface area (Å²) in [5.41, 5.74) is 3.96. The standard InChI is InChI=1S/C26H22N4O/c1-26(30-16-15-27-18-30,20-11-7-4-8-12-20)21-13-14-23-22(17-21)24(28-25(31)29(23)2)19-9-5-3-6-10-19/h3-18H,1-2H3. The normalized spacial score (nSPS) is 13.2. The van der Waals surface area contributed by atoms with Crippen LogP contribution in [0.5, 0.6) is 0 Å². The lowest BCUT2D eigenvalue weighted by molar-refractivity contribution is 0.475. The van der Waals surface area contributed by atoms with Gasteiger partial charge in [0.1, 0.15) is 0 Å². The molecule has 31 heavy (non-hydrogen) atoms. The van der Waals surface area contributed by atoms with Gasteiger partial charge >= 0.3 is 5.69 Å². The van der Waals surface area contributed by atoms with Crippen LogP contribution in [0.25, 0.3) is 22.2 Å². The number of nitrogens with zero attached hydrogens (tertiary/aromatic N) is 4. The van der Waals surface area contributed by atoms with Gasteiger partial charge in [-0.3, -0.25) is 4.57 Å². The zero-order valence-electron chi connectivity index (χ0n) is 17.4. The minimum absolute atomic E-state index is 0.264. The topological polar surface area (TPSA) is 52.7 Å². The van der Waals surface area contributed by atoms with Crippen molar-refractivity contribution < 1.29 is 0 Å². The molecule has 5 aromatic rings. The number of aryl methyl sites for hydroxylation is 1. The Hall–Kier alpha value is -3.99. The number of benzene rings is 3. The van der Waals surface area contributed by atoms with Gasteiger partial charge in [-0.2, -0.15) is 4.98 Å². The summed E-state index contributed by atoms with van der Waals surface area (Å²) in [6.45, 7) is 2.18. The summed E-state index contributed by atoms with van der Waals surface area (Å²) in [6.07, 6.45) is 5.62. The summed E-state index contributed by atoms with van der Waals surface area (Å²) >= 11 is 0. The molecule has 0 saturated carbocycles. The summed E-state index contributed by atoms with van der Waals surface area (Å²) < 4.78 is 3.71. The fourth-order valence-corrected chi connectivity index (χ4v) is 4.22. The van der Waals surface area contributed by atoms with Crippen LogP contribution in [0.1, 0.15) is 18.1 Å². The van der Waals surface area contributed by atoms with Crippen LogP contribution in [0.4, 0.5) is 0 Å². The van der Waals surface area contributed by atoms with E-state index in [1.54, 1.807) is 17.8 Å². The van der Waals surface area contributed by atoms with Gasteiger partial charge in [-0.15, -0.1) is 0 Å². The number of hydrogen-bond acceptors (Lipinski definition) is 3. The molecule has 0 aliphatic heterocycles. The average molecular weight is 406 g/mol. The Labute approximate surface area is 180 Å². The maximum atomic E-state index is 12.6. The predicted molar refractivity (Wildman–Crippen MR) is 123 cm³/mol.